The normalized spacial score (nSPS) is 19.7. The monoisotopic (exact) mass is 233 g/mol. The Labute approximate surface area is 104 Å². The summed E-state index contributed by atoms with van der Waals surface area (Å²) in [6.45, 7) is 4.80. The van der Waals surface area contributed by atoms with E-state index >= 15 is 0 Å². The molecule has 2 nitrogen and oxygen atoms in total. The van der Waals surface area contributed by atoms with Gasteiger partial charge in [-0.15, -0.1) is 0 Å². The predicted octanol–water partition coefficient (Wildman–Crippen LogP) is 3.38. The third kappa shape index (κ3) is 2.70. The van der Waals surface area contributed by atoms with Crippen LogP contribution >= 0.6 is 0 Å². The molecule has 0 aliphatic heterocycles. The van der Waals surface area contributed by atoms with E-state index in [9.17, 15) is 0 Å². The lowest BCUT2D eigenvalue weighted by Gasteiger charge is -2.31. The highest BCUT2D eigenvalue weighted by Gasteiger charge is 2.25. The van der Waals surface area contributed by atoms with Gasteiger partial charge in [-0.05, 0) is 43.7 Å². The summed E-state index contributed by atoms with van der Waals surface area (Å²) in [7, 11) is 0. The van der Waals surface area contributed by atoms with Gasteiger partial charge in [-0.1, -0.05) is 30.7 Å². The molecule has 0 spiro atoms. The quantitative estimate of drug-likeness (QED) is 0.846. The van der Waals surface area contributed by atoms with E-state index in [1.807, 2.05) is 6.92 Å². The van der Waals surface area contributed by atoms with E-state index < -0.39 is 0 Å². The Morgan fingerprint density at radius 1 is 1.35 bits per heavy atom. The topological polar surface area (TPSA) is 35.2 Å². The second-order valence-corrected chi connectivity index (χ2v) is 4.94. The summed E-state index contributed by atoms with van der Waals surface area (Å²) in [6, 6.07) is 8.59. The first-order valence-corrected chi connectivity index (χ1v) is 6.70. The van der Waals surface area contributed by atoms with Crippen molar-refractivity contribution in [3.63, 3.8) is 0 Å². The van der Waals surface area contributed by atoms with Crippen LogP contribution in [0.4, 0.5) is 0 Å². The molecule has 0 bridgehead atoms. The molecule has 0 heterocycles. The molecular formula is C15H23NO. The average Bonchev–Trinajstić information content (AvgIpc) is 2.27. The van der Waals surface area contributed by atoms with Gasteiger partial charge in [0.1, 0.15) is 0 Å². The van der Waals surface area contributed by atoms with Crippen LogP contribution in [0, 0.1) is 0 Å². The van der Waals surface area contributed by atoms with Crippen LogP contribution in [0.2, 0.25) is 0 Å². The Kier molecular flexibility index (Phi) is 4.19. The van der Waals surface area contributed by atoms with Crippen molar-refractivity contribution in [3.05, 3.63) is 35.4 Å². The lowest BCUT2D eigenvalue weighted by molar-refractivity contribution is 0.0571. The minimum atomic E-state index is -0.00764. The van der Waals surface area contributed by atoms with Gasteiger partial charge in [-0.2, -0.15) is 0 Å². The molecular weight excluding hydrogens is 210 g/mol. The van der Waals surface area contributed by atoms with Crippen molar-refractivity contribution in [3.8, 4) is 0 Å². The van der Waals surface area contributed by atoms with Crippen LogP contribution in [0.15, 0.2) is 24.3 Å². The maximum absolute atomic E-state index is 6.32. The van der Waals surface area contributed by atoms with E-state index in [4.69, 9.17) is 10.5 Å². The van der Waals surface area contributed by atoms with Crippen LogP contribution in [0.5, 0.6) is 0 Å². The van der Waals surface area contributed by atoms with Gasteiger partial charge < -0.3 is 10.5 Å². The van der Waals surface area contributed by atoms with E-state index in [0.29, 0.717) is 0 Å². The van der Waals surface area contributed by atoms with Crippen LogP contribution in [0.3, 0.4) is 0 Å². The lowest BCUT2D eigenvalue weighted by atomic mass is 9.77. The summed E-state index contributed by atoms with van der Waals surface area (Å²) in [5.74, 6) is 0.728. The lowest BCUT2D eigenvalue weighted by Crippen LogP contribution is -2.28. The van der Waals surface area contributed by atoms with Crippen molar-refractivity contribution >= 4 is 0 Å². The molecule has 1 aliphatic carbocycles. The minimum absolute atomic E-state index is 0.00764. The molecule has 0 aromatic heterocycles. The number of nitrogens with two attached hydrogens (primary N) is 1. The van der Waals surface area contributed by atoms with Crippen molar-refractivity contribution in [1.82, 2.24) is 0 Å². The highest BCUT2D eigenvalue weighted by Crippen LogP contribution is 2.39. The molecule has 1 aliphatic rings. The highest BCUT2D eigenvalue weighted by atomic mass is 16.5. The molecule has 2 rings (SSSR count). The zero-order valence-corrected chi connectivity index (χ0v) is 10.9. The molecule has 2 N–H and O–H groups in total. The fourth-order valence-electron chi connectivity index (χ4n) is 2.52. The largest absolute Gasteiger partial charge is 0.377 e. The van der Waals surface area contributed by atoms with E-state index in [0.717, 1.165) is 12.5 Å². The Hall–Kier alpha value is -0.860. The zero-order chi connectivity index (χ0) is 12.3. The van der Waals surface area contributed by atoms with Gasteiger partial charge in [0.15, 0.2) is 0 Å². The third-order valence-electron chi connectivity index (χ3n) is 3.84. The number of hydrogen-bond donors (Lipinski definition) is 1. The Morgan fingerprint density at radius 3 is 2.65 bits per heavy atom. The fourth-order valence-corrected chi connectivity index (χ4v) is 2.52. The van der Waals surface area contributed by atoms with Gasteiger partial charge in [0.25, 0.3) is 0 Å². The van der Waals surface area contributed by atoms with Crippen molar-refractivity contribution in [2.24, 2.45) is 5.73 Å². The van der Waals surface area contributed by atoms with Crippen LogP contribution in [0.25, 0.3) is 0 Å². The van der Waals surface area contributed by atoms with E-state index in [-0.39, 0.29) is 12.1 Å². The molecule has 2 heteroatoms. The fraction of sp³-hybridized carbons (Fsp3) is 0.600. The van der Waals surface area contributed by atoms with Gasteiger partial charge >= 0.3 is 0 Å². The summed E-state index contributed by atoms with van der Waals surface area (Å²) >= 11 is 0. The second kappa shape index (κ2) is 5.65. The van der Waals surface area contributed by atoms with Crippen molar-refractivity contribution in [2.45, 2.75) is 51.2 Å². The molecule has 1 aromatic rings. The molecule has 1 aromatic carbocycles. The number of rotatable bonds is 5. The molecule has 94 valence electrons. The van der Waals surface area contributed by atoms with Crippen molar-refractivity contribution in [1.29, 1.82) is 0 Å². The minimum Gasteiger partial charge on any atom is -0.377 e. The summed E-state index contributed by atoms with van der Waals surface area (Å²) in [5.41, 5.74) is 9.04. The SMILES string of the molecule is CCOC(C)C(N)c1ccccc1C1CCC1. The number of ether oxygens (including phenoxy) is 1. The molecule has 0 amide bonds. The van der Waals surface area contributed by atoms with Crippen LogP contribution < -0.4 is 5.73 Å². The molecule has 0 saturated heterocycles. The van der Waals surface area contributed by atoms with Crippen molar-refractivity contribution < 1.29 is 4.74 Å². The van der Waals surface area contributed by atoms with E-state index in [1.54, 1.807) is 0 Å². The first-order valence-electron chi connectivity index (χ1n) is 6.70. The maximum Gasteiger partial charge on any atom is 0.0739 e. The number of benzene rings is 1. The first kappa shape index (κ1) is 12.6. The summed E-state index contributed by atoms with van der Waals surface area (Å²) in [6.07, 6.45) is 4.07. The van der Waals surface area contributed by atoms with Crippen LogP contribution in [-0.2, 0) is 4.74 Å². The van der Waals surface area contributed by atoms with Gasteiger partial charge in [-0.3, -0.25) is 0 Å². The molecule has 17 heavy (non-hydrogen) atoms. The highest BCUT2D eigenvalue weighted by molar-refractivity contribution is 5.34. The van der Waals surface area contributed by atoms with E-state index in [1.165, 1.54) is 30.4 Å². The Bertz CT molecular complexity index is 360. The van der Waals surface area contributed by atoms with Crippen molar-refractivity contribution in [2.75, 3.05) is 6.61 Å². The maximum atomic E-state index is 6.32. The Balaban J connectivity index is 2.18. The second-order valence-electron chi connectivity index (χ2n) is 4.94. The molecule has 2 atom stereocenters. The first-order chi connectivity index (χ1) is 8.24. The van der Waals surface area contributed by atoms with E-state index in [2.05, 4.69) is 31.2 Å². The van der Waals surface area contributed by atoms with Crippen LogP contribution in [0.1, 0.15) is 56.2 Å². The van der Waals surface area contributed by atoms with Crippen LogP contribution in [-0.4, -0.2) is 12.7 Å². The predicted molar refractivity (Wildman–Crippen MR) is 71.1 cm³/mol. The summed E-state index contributed by atoms with van der Waals surface area (Å²) < 4.78 is 5.62. The standard InChI is InChI=1S/C15H23NO/c1-3-17-11(2)15(16)14-10-5-4-9-13(14)12-7-6-8-12/h4-5,9-12,15H,3,6-8,16H2,1-2H3. The molecule has 2 unspecified atom stereocenters. The van der Waals surface area contributed by atoms with Gasteiger partial charge in [0.2, 0.25) is 0 Å². The zero-order valence-electron chi connectivity index (χ0n) is 10.9. The smallest absolute Gasteiger partial charge is 0.0739 e. The van der Waals surface area contributed by atoms with Gasteiger partial charge in [0, 0.05) is 6.61 Å². The molecule has 1 saturated carbocycles. The summed E-state index contributed by atoms with van der Waals surface area (Å²) in [5, 5.41) is 0. The number of hydrogen-bond acceptors (Lipinski definition) is 2. The average molecular weight is 233 g/mol. The van der Waals surface area contributed by atoms with Gasteiger partial charge in [-0.25, -0.2) is 0 Å². The van der Waals surface area contributed by atoms with Gasteiger partial charge in [0.05, 0.1) is 12.1 Å². The molecule has 0 radical (unpaired) electrons. The molecule has 1 fully saturated rings. The summed E-state index contributed by atoms with van der Waals surface area (Å²) in [4.78, 5) is 0. The Morgan fingerprint density at radius 2 is 2.06 bits per heavy atom. The third-order valence-corrected chi connectivity index (χ3v) is 3.84.